The van der Waals surface area contributed by atoms with Crippen LogP contribution >= 0.6 is 11.3 Å². The molecule has 0 radical (unpaired) electrons. The zero-order valence-corrected chi connectivity index (χ0v) is 17.4. The maximum absolute atomic E-state index is 13.6. The number of carbonyl (C=O) groups is 1. The molecule has 5 rings (SSSR count). The summed E-state index contributed by atoms with van der Waals surface area (Å²) in [5.74, 6) is 0.341. The normalized spacial score (nSPS) is 15.6. The average Bonchev–Trinajstić information content (AvgIpc) is 3.36. The highest BCUT2D eigenvalue weighted by Crippen LogP contribution is 2.42. The first kappa shape index (κ1) is 18.6. The van der Waals surface area contributed by atoms with Crippen LogP contribution in [-0.2, 0) is 0 Å². The summed E-state index contributed by atoms with van der Waals surface area (Å²) in [7, 11) is 1.58. The molecule has 2 aromatic carbocycles. The van der Waals surface area contributed by atoms with E-state index in [0.717, 1.165) is 16.7 Å². The third-order valence-electron chi connectivity index (χ3n) is 5.52. The van der Waals surface area contributed by atoms with E-state index in [-0.39, 0.29) is 17.1 Å². The molecule has 0 unspecified atom stereocenters. The maximum atomic E-state index is 13.6. The van der Waals surface area contributed by atoms with Crippen molar-refractivity contribution in [2.45, 2.75) is 19.9 Å². The molecule has 0 N–H and O–H groups in total. The second kappa shape index (κ2) is 6.81. The molecule has 1 amide bonds. The summed E-state index contributed by atoms with van der Waals surface area (Å²) in [4.78, 5) is 32.9. The van der Waals surface area contributed by atoms with E-state index in [4.69, 9.17) is 9.15 Å². The molecule has 4 aromatic rings. The minimum absolute atomic E-state index is 0.0683. The van der Waals surface area contributed by atoms with E-state index >= 15 is 0 Å². The molecule has 0 saturated carbocycles. The van der Waals surface area contributed by atoms with Crippen LogP contribution in [0.1, 0.15) is 38.9 Å². The van der Waals surface area contributed by atoms with Crippen LogP contribution in [0, 0.1) is 13.8 Å². The van der Waals surface area contributed by atoms with Crippen molar-refractivity contribution in [1.82, 2.24) is 4.98 Å². The first-order valence-electron chi connectivity index (χ1n) is 9.44. The highest BCUT2D eigenvalue weighted by Gasteiger charge is 2.44. The Bertz CT molecular complexity index is 1360. The highest BCUT2D eigenvalue weighted by atomic mass is 32.1. The number of rotatable bonds is 3. The van der Waals surface area contributed by atoms with Crippen molar-refractivity contribution in [2.24, 2.45) is 0 Å². The Kier molecular flexibility index (Phi) is 4.22. The number of anilines is 1. The van der Waals surface area contributed by atoms with Crippen LogP contribution in [0.5, 0.6) is 5.75 Å². The molecule has 0 saturated heterocycles. The Morgan fingerprint density at radius 2 is 1.93 bits per heavy atom. The van der Waals surface area contributed by atoms with E-state index in [1.807, 2.05) is 50.2 Å². The van der Waals surface area contributed by atoms with Gasteiger partial charge in [0.2, 0.25) is 5.76 Å². The van der Waals surface area contributed by atoms with Crippen molar-refractivity contribution >= 4 is 33.3 Å². The number of nitrogens with zero attached hydrogens (tertiary/aromatic N) is 2. The predicted octanol–water partition coefficient (Wildman–Crippen LogP) is 4.62. The van der Waals surface area contributed by atoms with E-state index in [2.05, 4.69) is 4.98 Å². The molecule has 6 nitrogen and oxygen atoms in total. The summed E-state index contributed by atoms with van der Waals surface area (Å²) in [6, 6.07) is 10.4. The molecule has 0 spiro atoms. The van der Waals surface area contributed by atoms with Gasteiger partial charge in [0.15, 0.2) is 10.6 Å². The SMILES string of the molecule is COc1cccc([C@H]2c3c(oc4cc(C)c(C)cc4c3=O)C(=O)N2c2nccs2)c1. The van der Waals surface area contributed by atoms with Crippen LogP contribution in [0.4, 0.5) is 5.13 Å². The van der Waals surface area contributed by atoms with Crippen molar-refractivity contribution in [3.8, 4) is 5.75 Å². The molecule has 0 aliphatic carbocycles. The summed E-state index contributed by atoms with van der Waals surface area (Å²) in [5.41, 5.74) is 3.30. The number of hydrogen-bond donors (Lipinski definition) is 0. The van der Waals surface area contributed by atoms with Crippen molar-refractivity contribution in [2.75, 3.05) is 12.0 Å². The third-order valence-corrected chi connectivity index (χ3v) is 6.29. The number of benzene rings is 2. The summed E-state index contributed by atoms with van der Waals surface area (Å²) in [6.07, 6.45) is 1.64. The van der Waals surface area contributed by atoms with Crippen LogP contribution in [0.2, 0.25) is 0 Å². The second-order valence-electron chi connectivity index (χ2n) is 7.28. The topological polar surface area (TPSA) is 72.6 Å². The lowest BCUT2D eigenvalue weighted by atomic mass is 9.97. The van der Waals surface area contributed by atoms with Gasteiger partial charge in [-0.1, -0.05) is 12.1 Å². The molecule has 2 aromatic heterocycles. The van der Waals surface area contributed by atoms with Gasteiger partial charge in [0.05, 0.1) is 24.1 Å². The number of methoxy groups -OCH3 is 1. The van der Waals surface area contributed by atoms with E-state index < -0.39 is 6.04 Å². The van der Waals surface area contributed by atoms with Gasteiger partial charge in [0.25, 0.3) is 5.91 Å². The Balaban J connectivity index is 1.84. The minimum Gasteiger partial charge on any atom is -0.497 e. The predicted molar refractivity (Wildman–Crippen MR) is 116 cm³/mol. The van der Waals surface area contributed by atoms with Crippen molar-refractivity contribution in [1.29, 1.82) is 0 Å². The standard InChI is InChI=1S/C23H18N2O4S/c1-12-9-16-17(10-13(12)2)29-21-18(20(16)26)19(14-5-4-6-15(11-14)28-3)25(22(21)27)23-24-7-8-30-23/h4-11,19H,1-3H3/t19-/m0/s1. The van der Waals surface area contributed by atoms with Crippen molar-refractivity contribution in [3.63, 3.8) is 0 Å². The Labute approximate surface area is 176 Å². The van der Waals surface area contributed by atoms with Gasteiger partial charge in [-0.15, -0.1) is 11.3 Å². The number of fused-ring (bicyclic) bond motifs is 2. The van der Waals surface area contributed by atoms with Gasteiger partial charge in [0, 0.05) is 11.6 Å². The Hall–Kier alpha value is -3.45. The van der Waals surface area contributed by atoms with Gasteiger partial charge in [-0.25, -0.2) is 4.98 Å². The van der Waals surface area contributed by atoms with Gasteiger partial charge < -0.3 is 9.15 Å². The third kappa shape index (κ3) is 2.66. The maximum Gasteiger partial charge on any atom is 0.297 e. The fraction of sp³-hybridized carbons (Fsp3) is 0.174. The number of thiazole rings is 1. The fourth-order valence-corrected chi connectivity index (χ4v) is 4.55. The van der Waals surface area contributed by atoms with E-state index in [0.29, 0.717) is 27.4 Å². The molecule has 0 fully saturated rings. The van der Waals surface area contributed by atoms with Gasteiger partial charge in [-0.05, 0) is 54.8 Å². The van der Waals surface area contributed by atoms with Crippen molar-refractivity contribution < 1.29 is 13.9 Å². The Morgan fingerprint density at radius 3 is 2.67 bits per heavy atom. The van der Waals surface area contributed by atoms with Gasteiger partial charge in [-0.2, -0.15) is 0 Å². The molecule has 150 valence electrons. The van der Waals surface area contributed by atoms with Gasteiger partial charge >= 0.3 is 0 Å². The molecule has 7 heteroatoms. The molecule has 1 aliphatic heterocycles. The molecule has 0 bridgehead atoms. The summed E-state index contributed by atoms with van der Waals surface area (Å²) >= 11 is 1.34. The number of hydrogen-bond acceptors (Lipinski definition) is 6. The summed E-state index contributed by atoms with van der Waals surface area (Å²) in [6.45, 7) is 3.90. The first-order valence-corrected chi connectivity index (χ1v) is 10.3. The van der Waals surface area contributed by atoms with Gasteiger partial charge in [-0.3, -0.25) is 14.5 Å². The van der Waals surface area contributed by atoms with E-state index in [1.54, 1.807) is 18.7 Å². The van der Waals surface area contributed by atoms with E-state index in [9.17, 15) is 9.59 Å². The second-order valence-corrected chi connectivity index (χ2v) is 8.15. The highest BCUT2D eigenvalue weighted by molar-refractivity contribution is 7.13. The number of aromatic nitrogens is 1. The lowest BCUT2D eigenvalue weighted by Gasteiger charge is -2.22. The summed E-state index contributed by atoms with van der Waals surface area (Å²) in [5, 5.41) is 2.78. The van der Waals surface area contributed by atoms with Crippen LogP contribution in [-0.4, -0.2) is 18.0 Å². The number of ether oxygens (including phenoxy) is 1. The van der Waals surface area contributed by atoms with Crippen LogP contribution in [0.3, 0.4) is 0 Å². The van der Waals surface area contributed by atoms with Crippen molar-refractivity contribution in [3.05, 3.63) is 86.2 Å². The minimum atomic E-state index is -0.643. The molecular formula is C23H18N2O4S. The number of carbonyl (C=O) groups excluding carboxylic acids is 1. The van der Waals surface area contributed by atoms with Gasteiger partial charge in [0.1, 0.15) is 11.3 Å². The smallest absolute Gasteiger partial charge is 0.297 e. The zero-order chi connectivity index (χ0) is 21.0. The number of aryl methyl sites for hydroxylation is 2. The first-order chi connectivity index (χ1) is 14.5. The van der Waals surface area contributed by atoms with Crippen LogP contribution in [0.15, 0.2) is 57.2 Å². The number of amides is 1. The summed E-state index contributed by atoms with van der Waals surface area (Å²) < 4.78 is 11.4. The van der Waals surface area contributed by atoms with Crippen LogP contribution < -0.4 is 15.1 Å². The lowest BCUT2D eigenvalue weighted by Crippen LogP contribution is -2.29. The van der Waals surface area contributed by atoms with Crippen LogP contribution in [0.25, 0.3) is 11.0 Å². The molecule has 3 heterocycles. The molecule has 1 atom stereocenters. The van der Waals surface area contributed by atoms with E-state index in [1.165, 1.54) is 16.2 Å². The lowest BCUT2D eigenvalue weighted by molar-refractivity contribution is 0.0971. The zero-order valence-electron chi connectivity index (χ0n) is 16.6. The fourth-order valence-electron chi connectivity index (χ4n) is 3.89. The molecule has 1 aliphatic rings. The monoisotopic (exact) mass is 418 g/mol. The Morgan fingerprint density at radius 1 is 1.13 bits per heavy atom. The molecule has 30 heavy (non-hydrogen) atoms. The average molecular weight is 418 g/mol. The largest absolute Gasteiger partial charge is 0.497 e. The quantitative estimate of drug-likeness (QED) is 0.485. The molecular weight excluding hydrogens is 400 g/mol.